The van der Waals surface area contributed by atoms with Gasteiger partial charge < -0.3 is 15.7 Å². The summed E-state index contributed by atoms with van der Waals surface area (Å²) in [5.41, 5.74) is 8.58. The topological polar surface area (TPSA) is 82.7 Å². The smallest absolute Gasteiger partial charge is 0.266 e. The maximum absolute atomic E-state index is 13.0. The molecule has 8 heteroatoms. The van der Waals surface area contributed by atoms with Crippen molar-refractivity contribution in [1.29, 1.82) is 0 Å². The number of piperazine rings is 1. The fourth-order valence-corrected chi connectivity index (χ4v) is 4.58. The van der Waals surface area contributed by atoms with E-state index in [1.54, 1.807) is 0 Å². The monoisotopic (exact) mass is 416 g/mol. The van der Waals surface area contributed by atoms with Gasteiger partial charge in [0.25, 0.3) is 5.91 Å². The van der Waals surface area contributed by atoms with Gasteiger partial charge in [-0.3, -0.25) is 9.69 Å². The lowest BCUT2D eigenvalue weighted by atomic mass is 10.1. The Morgan fingerprint density at radius 3 is 2.54 bits per heavy atom. The number of benzene rings is 1. The number of hydrogen-bond donors (Lipinski definition) is 2. The van der Waals surface area contributed by atoms with E-state index in [4.69, 9.17) is 27.4 Å². The summed E-state index contributed by atoms with van der Waals surface area (Å²) in [5.74, 6) is -0.0443. The van der Waals surface area contributed by atoms with Gasteiger partial charge in [0.05, 0.1) is 18.0 Å². The van der Waals surface area contributed by atoms with E-state index in [9.17, 15) is 4.79 Å². The van der Waals surface area contributed by atoms with Crippen molar-refractivity contribution < 1.29 is 9.90 Å². The van der Waals surface area contributed by atoms with Crippen LogP contribution in [0.15, 0.2) is 36.4 Å². The van der Waals surface area contributed by atoms with Crippen molar-refractivity contribution in [2.24, 2.45) is 0 Å². The Bertz CT molecular complexity index is 997. The number of halogens is 1. The standard InChI is InChI=1S/C20H21ClN4O2S/c21-14-3-1-13(2-4-14)16-6-5-15-17(22)18(28-19(15)23-16)20(27)25-9-7-24(8-10-25)11-12-26/h1-6,26H,7-12,22H2. The molecule has 6 nitrogen and oxygen atoms in total. The van der Waals surface area contributed by atoms with Crippen LogP contribution in [0.4, 0.5) is 5.69 Å². The van der Waals surface area contributed by atoms with Crippen LogP contribution in [0.2, 0.25) is 5.02 Å². The molecule has 3 N–H and O–H groups in total. The van der Waals surface area contributed by atoms with Crippen molar-refractivity contribution in [3.63, 3.8) is 0 Å². The Morgan fingerprint density at radius 1 is 1.14 bits per heavy atom. The van der Waals surface area contributed by atoms with Crippen molar-refractivity contribution in [3.05, 3.63) is 46.3 Å². The molecular formula is C20H21ClN4O2S. The number of rotatable bonds is 4. The second kappa shape index (κ2) is 8.05. The Balaban J connectivity index is 1.59. The van der Waals surface area contributed by atoms with Gasteiger partial charge in [0.15, 0.2) is 0 Å². The summed E-state index contributed by atoms with van der Waals surface area (Å²) in [6, 6.07) is 11.3. The first-order chi connectivity index (χ1) is 13.6. The third-order valence-corrected chi connectivity index (χ3v) is 6.36. The van der Waals surface area contributed by atoms with E-state index in [0.717, 1.165) is 34.6 Å². The Kier molecular flexibility index (Phi) is 5.50. The summed E-state index contributed by atoms with van der Waals surface area (Å²) in [7, 11) is 0. The number of aliphatic hydroxyl groups is 1. The molecule has 4 rings (SSSR count). The highest BCUT2D eigenvalue weighted by molar-refractivity contribution is 7.21. The van der Waals surface area contributed by atoms with Crippen LogP contribution >= 0.6 is 22.9 Å². The molecule has 0 bridgehead atoms. The first kappa shape index (κ1) is 19.1. The van der Waals surface area contributed by atoms with Gasteiger partial charge in [0, 0.05) is 48.7 Å². The molecule has 1 amide bonds. The number of aliphatic hydroxyl groups excluding tert-OH is 1. The highest BCUT2D eigenvalue weighted by Crippen LogP contribution is 2.35. The minimum atomic E-state index is -0.0443. The van der Waals surface area contributed by atoms with Gasteiger partial charge in [-0.15, -0.1) is 11.3 Å². The molecule has 3 aromatic rings. The lowest BCUT2D eigenvalue weighted by molar-refractivity contribution is 0.0620. The van der Waals surface area contributed by atoms with Crippen molar-refractivity contribution >= 4 is 44.7 Å². The number of anilines is 1. The van der Waals surface area contributed by atoms with Crippen LogP contribution in [-0.2, 0) is 0 Å². The molecule has 0 saturated carbocycles. The van der Waals surface area contributed by atoms with Gasteiger partial charge in [0.2, 0.25) is 0 Å². The second-order valence-corrected chi connectivity index (χ2v) is 8.19. The van der Waals surface area contributed by atoms with Crippen LogP contribution in [-0.4, -0.2) is 65.1 Å². The predicted molar refractivity (Wildman–Crippen MR) is 114 cm³/mol. The zero-order chi connectivity index (χ0) is 19.7. The van der Waals surface area contributed by atoms with Crippen LogP contribution in [0.3, 0.4) is 0 Å². The molecule has 1 aliphatic heterocycles. The van der Waals surface area contributed by atoms with Gasteiger partial charge in [0.1, 0.15) is 9.71 Å². The molecule has 2 aromatic heterocycles. The average molecular weight is 417 g/mol. The molecule has 1 aliphatic rings. The molecule has 0 radical (unpaired) electrons. The molecule has 1 fully saturated rings. The maximum Gasteiger partial charge on any atom is 0.266 e. The lowest BCUT2D eigenvalue weighted by Gasteiger charge is -2.34. The third kappa shape index (κ3) is 3.71. The Hall–Kier alpha value is -2.19. The highest BCUT2D eigenvalue weighted by Gasteiger charge is 2.26. The molecule has 28 heavy (non-hydrogen) atoms. The molecule has 1 saturated heterocycles. The summed E-state index contributed by atoms with van der Waals surface area (Å²) in [5, 5.41) is 10.5. The molecule has 3 heterocycles. The summed E-state index contributed by atoms with van der Waals surface area (Å²) in [6.45, 7) is 3.57. The number of nitrogens with zero attached hydrogens (tertiary/aromatic N) is 3. The first-order valence-electron chi connectivity index (χ1n) is 9.14. The minimum absolute atomic E-state index is 0.0443. The summed E-state index contributed by atoms with van der Waals surface area (Å²) in [6.07, 6.45) is 0. The molecule has 0 aliphatic carbocycles. The number of nitrogens with two attached hydrogens (primary N) is 1. The molecule has 0 spiro atoms. The largest absolute Gasteiger partial charge is 0.397 e. The van der Waals surface area contributed by atoms with Crippen LogP contribution in [0.5, 0.6) is 0 Å². The van der Waals surface area contributed by atoms with E-state index >= 15 is 0 Å². The van der Waals surface area contributed by atoms with Gasteiger partial charge in [-0.2, -0.15) is 0 Å². The number of pyridine rings is 1. The normalized spacial score (nSPS) is 15.3. The zero-order valence-corrected chi connectivity index (χ0v) is 16.8. The number of aromatic nitrogens is 1. The average Bonchev–Trinajstić information content (AvgIpc) is 3.05. The summed E-state index contributed by atoms with van der Waals surface area (Å²) >= 11 is 7.30. The quantitative estimate of drug-likeness (QED) is 0.683. The van der Waals surface area contributed by atoms with E-state index in [1.165, 1.54) is 11.3 Å². The van der Waals surface area contributed by atoms with Crippen LogP contribution in [0, 0.1) is 0 Å². The number of fused-ring (bicyclic) bond motifs is 1. The fraction of sp³-hybridized carbons (Fsp3) is 0.300. The van der Waals surface area contributed by atoms with Crippen molar-refractivity contribution in [2.45, 2.75) is 0 Å². The third-order valence-electron chi connectivity index (χ3n) is 5.00. The zero-order valence-electron chi connectivity index (χ0n) is 15.3. The van der Waals surface area contributed by atoms with Crippen LogP contribution in [0.1, 0.15) is 9.67 Å². The number of β-amino-alcohol motifs (C(OH)–C–C–N with tert-alkyl or cyclic N) is 1. The number of hydrogen-bond acceptors (Lipinski definition) is 6. The first-order valence-corrected chi connectivity index (χ1v) is 10.3. The molecule has 0 atom stereocenters. The van der Waals surface area contributed by atoms with Gasteiger partial charge in [-0.1, -0.05) is 23.7 Å². The van der Waals surface area contributed by atoms with E-state index in [-0.39, 0.29) is 12.5 Å². The van der Waals surface area contributed by atoms with E-state index in [0.29, 0.717) is 35.2 Å². The van der Waals surface area contributed by atoms with Crippen molar-refractivity contribution in [2.75, 3.05) is 45.1 Å². The minimum Gasteiger partial charge on any atom is -0.397 e. The summed E-state index contributed by atoms with van der Waals surface area (Å²) in [4.78, 5) is 23.0. The predicted octanol–water partition coefficient (Wildman–Crippen LogP) is 2.95. The van der Waals surface area contributed by atoms with Crippen LogP contribution in [0.25, 0.3) is 21.5 Å². The maximum atomic E-state index is 13.0. The van der Waals surface area contributed by atoms with E-state index in [1.807, 2.05) is 41.3 Å². The van der Waals surface area contributed by atoms with Gasteiger partial charge >= 0.3 is 0 Å². The second-order valence-electron chi connectivity index (χ2n) is 6.76. The number of thiophene rings is 1. The molecule has 146 valence electrons. The van der Waals surface area contributed by atoms with Crippen molar-refractivity contribution in [1.82, 2.24) is 14.8 Å². The van der Waals surface area contributed by atoms with E-state index in [2.05, 4.69) is 4.90 Å². The van der Waals surface area contributed by atoms with Gasteiger partial charge in [-0.05, 0) is 24.3 Å². The molecule has 0 unspecified atom stereocenters. The Labute approximate surface area is 172 Å². The van der Waals surface area contributed by atoms with Crippen molar-refractivity contribution in [3.8, 4) is 11.3 Å². The van der Waals surface area contributed by atoms with Crippen LogP contribution < -0.4 is 5.73 Å². The van der Waals surface area contributed by atoms with E-state index < -0.39 is 0 Å². The number of carbonyl (C=O) groups is 1. The Morgan fingerprint density at radius 2 is 1.86 bits per heavy atom. The lowest BCUT2D eigenvalue weighted by Crippen LogP contribution is -2.49. The fourth-order valence-electron chi connectivity index (χ4n) is 3.40. The highest BCUT2D eigenvalue weighted by atomic mass is 35.5. The molecular weight excluding hydrogens is 396 g/mol. The number of nitrogen functional groups attached to an aromatic ring is 1. The molecule has 1 aromatic carbocycles. The SMILES string of the molecule is Nc1c(C(=O)N2CCN(CCO)CC2)sc2nc(-c3ccc(Cl)cc3)ccc12. The number of carbonyl (C=O) groups excluding carboxylic acids is 1. The summed E-state index contributed by atoms with van der Waals surface area (Å²) < 4.78 is 0. The number of amides is 1. The van der Waals surface area contributed by atoms with Gasteiger partial charge in [-0.25, -0.2) is 4.98 Å².